The summed E-state index contributed by atoms with van der Waals surface area (Å²) in [5, 5.41) is 11.2. The van der Waals surface area contributed by atoms with Crippen LogP contribution in [-0.4, -0.2) is 28.9 Å². The Hall–Kier alpha value is -3.93. The molecule has 3 aromatic rings. The quantitative estimate of drug-likeness (QED) is 0.390. The molecule has 1 N–H and O–H groups in total. The summed E-state index contributed by atoms with van der Waals surface area (Å²) < 4.78 is 5.20. The van der Waals surface area contributed by atoms with Crippen LogP contribution in [-0.2, 0) is 9.59 Å². The van der Waals surface area contributed by atoms with E-state index < -0.39 is 17.7 Å². The van der Waals surface area contributed by atoms with Gasteiger partial charge in [0.2, 0.25) is 0 Å². The van der Waals surface area contributed by atoms with E-state index in [4.69, 9.17) is 4.74 Å². The Labute approximate surface area is 180 Å². The fourth-order valence-electron chi connectivity index (χ4n) is 3.83. The number of ether oxygens (including phenoxy) is 1. The topological polar surface area (TPSA) is 79.7 Å². The molecule has 1 aromatic heterocycles. The molecule has 1 atom stereocenters. The first kappa shape index (κ1) is 20.3. The summed E-state index contributed by atoms with van der Waals surface area (Å²) in [4.78, 5) is 31.8. The van der Waals surface area contributed by atoms with Crippen LogP contribution in [0.4, 0.5) is 5.69 Å². The van der Waals surface area contributed by atoms with Crippen LogP contribution in [0.3, 0.4) is 0 Å². The van der Waals surface area contributed by atoms with E-state index in [1.807, 2.05) is 32.0 Å². The minimum Gasteiger partial charge on any atom is -0.507 e. The number of ketones is 1. The standard InChI is InChI=1S/C25H22N2O4/c1-15-6-7-16(2)20(13-15)23(28)21-22(17-5-4-12-26-14-17)27(25(30)24(21)29)18-8-10-19(31-3)11-9-18/h4-14,22,28H,1-3H3/b23-21+. The average Bonchev–Trinajstić information content (AvgIpc) is 3.06. The van der Waals surface area contributed by atoms with Crippen molar-refractivity contribution < 1.29 is 19.4 Å². The molecule has 0 bridgehead atoms. The number of methoxy groups -OCH3 is 1. The summed E-state index contributed by atoms with van der Waals surface area (Å²) in [7, 11) is 1.56. The van der Waals surface area contributed by atoms with E-state index in [0.717, 1.165) is 11.1 Å². The average molecular weight is 414 g/mol. The number of amides is 1. The highest BCUT2D eigenvalue weighted by molar-refractivity contribution is 6.51. The minimum atomic E-state index is -0.804. The van der Waals surface area contributed by atoms with Crippen molar-refractivity contribution in [2.75, 3.05) is 12.0 Å². The van der Waals surface area contributed by atoms with Gasteiger partial charge < -0.3 is 9.84 Å². The van der Waals surface area contributed by atoms with Gasteiger partial charge in [0, 0.05) is 23.6 Å². The molecule has 0 aliphatic carbocycles. The highest BCUT2D eigenvalue weighted by atomic mass is 16.5. The fraction of sp³-hybridized carbons (Fsp3) is 0.160. The SMILES string of the molecule is COc1ccc(N2C(=O)C(=O)/C(=C(/O)c3cc(C)ccc3C)C2c2cccnc2)cc1. The van der Waals surface area contributed by atoms with Gasteiger partial charge in [-0.05, 0) is 61.4 Å². The van der Waals surface area contributed by atoms with Crippen molar-refractivity contribution in [2.45, 2.75) is 19.9 Å². The smallest absolute Gasteiger partial charge is 0.300 e. The van der Waals surface area contributed by atoms with Crippen molar-refractivity contribution in [3.8, 4) is 5.75 Å². The van der Waals surface area contributed by atoms with Crippen molar-refractivity contribution in [3.05, 3.63) is 94.8 Å². The van der Waals surface area contributed by atoms with E-state index in [0.29, 0.717) is 22.6 Å². The number of aromatic nitrogens is 1. The molecule has 1 aliphatic rings. The molecule has 156 valence electrons. The van der Waals surface area contributed by atoms with Crippen molar-refractivity contribution in [3.63, 3.8) is 0 Å². The molecular weight excluding hydrogens is 392 g/mol. The van der Waals surface area contributed by atoms with Crippen molar-refractivity contribution in [2.24, 2.45) is 0 Å². The molecule has 6 heteroatoms. The van der Waals surface area contributed by atoms with Gasteiger partial charge in [-0.3, -0.25) is 19.5 Å². The number of carbonyl (C=O) groups is 2. The van der Waals surface area contributed by atoms with Crippen molar-refractivity contribution >= 4 is 23.1 Å². The van der Waals surface area contributed by atoms with Gasteiger partial charge in [0.05, 0.1) is 18.7 Å². The predicted molar refractivity (Wildman–Crippen MR) is 118 cm³/mol. The highest BCUT2D eigenvalue weighted by Crippen LogP contribution is 2.42. The van der Waals surface area contributed by atoms with Crippen LogP contribution in [0, 0.1) is 13.8 Å². The number of rotatable bonds is 4. The van der Waals surface area contributed by atoms with Crippen LogP contribution in [0.25, 0.3) is 5.76 Å². The normalized spacial score (nSPS) is 17.8. The number of hydrogen-bond acceptors (Lipinski definition) is 5. The Kier molecular flexibility index (Phi) is 5.29. The van der Waals surface area contributed by atoms with Crippen LogP contribution in [0.1, 0.15) is 28.3 Å². The number of benzene rings is 2. The monoisotopic (exact) mass is 414 g/mol. The zero-order chi connectivity index (χ0) is 22.1. The number of aliphatic hydroxyl groups excluding tert-OH is 1. The highest BCUT2D eigenvalue weighted by Gasteiger charge is 2.47. The first-order chi connectivity index (χ1) is 14.9. The van der Waals surface area contributed by atoms with Crippen LogP contribution >= 0.6 is 0 Å². The molecular formula is C25H22N2O4. The summed E-state index contributed by atoms with van der Waals surface area (Å²) in [5.74, 6) is -0.994. The molecule has 2 aromatic carbocycles. The Bertz CT molecular complexity index is 1180. The number of Topliss-reactive ketones (excluding diaryl/α,β-unsaturated/α-hetero) is 1. The van der Waals surface area contributed by atoms with Crippen LogP contribution in [0.5, 0.6) is 5.75 Å². The van der Waals surface area contributed by atoms with Crippen LogP contribution in [0.15, 0.2) is 72.6 Å². The molecule has 1 amide bonds. The molecule has 0 spiro atoms. The number of nitrogens with zero attached hydrogens (tertiary/aromatic N) is 2. The van der Waals surface area contributed by atoms with E-state index in [2.05, 4.69) is 4.98 Å². The van der Waals surface area contributed by atoms with E-state index in [9.17, 15) is 14.7 Å². The lowest BCUT2D eigenvalue weighted by Crippen LogP contribution is -2.29. The van der Waals surface area contributed by atoms with Gasteiger partial charge >= 0.3 is 0 Å². The second-order valence-corrected chi connectivity index (χ2v) is 7.47. The molecule has 0 radical (unpaired) electrons. The zero-order valence-electron chi connectivity index (χ0n) is 17.5. The Morgan fingerprint density at radius 2 is 1.81 bits per heavy atom. The molecule has 1 fully saturated rings. The van der Waals surface area contributed by atoms with Gasteiger partial charge in [-0.1, -0.05) is 23.8 Å². The van der Waals surface area contributed by atoms with Crippen LogP contribution < -0.4 is 9.64 Å². The lowest BCUT2D eigenvalue weighted by atomic mass is 9.94. The Morgan fingerprint density at radius 1 is 1.06 bits per heavy atom. The summed E-state index contributed by atoms with van der Waals surface area (Å²) in [6.45, 7) is 3.76. The largest absolute Gasteiger partial charge is 0.507 e. The lowest BCUT2D eigenvalue weighted by molar-refractivity contribution is -0.132. The van der Waals surface area contributed by atoms with E-state index in [-0.39, 0.29) is 11.3 Å². The van der Waals surface area contributed by atoms with Gasteiger partial charge in [-0.2, -0.15) is 0 Å². The molecule has 0 saturated carbocycles. The summed E-state index contributed by atoms with van der Waals surface area (Å²) in [6.07, 6.45) is 3.22. The maximum Gasteiger partial charge on any atom is 0.300 e. The number of anilines is 1. The zero-order valence-corrected chi connectivity index (χ0v) is 17.5. The number of aryl methyl sites for hydroxylation is 2. The Balaban J connectivity index is 1.94. The first-order valence-electron chi connectivity index (χ1n) is 9.85. The minimum absolute atomic E-state index is 0.0440. The van der Waals surface area contributed by atoms with Gasteiger partial charge in [0.1, 0.15) is 11.5 Å². The first-order valence-corrected chi connectivity index (χ1v) is 9.85. The number of pyridine rings is 1. The second-order valence-electron chi connectivity index (χ2n) is 7.47. The van der Waals surface area contributed by atoms with Gasteiger partial charge in [0.25, 0.3) is 11.7 Å². The third kappa shape index (κ3) is 3.57. The third-order valence-electron chi connectivity index (χ3n) is 5.44. The summed E-state index contributed by atoms with van der Waals surface area (Å²) >= 11 is 0. The van der Waals surface area contributed by atoms with Gasteiger partial charge in [0.15, 0.2) is 0 Å². The maximum absolute atomic E-state index is 13.2. The predicted octanol–water partition coefficient (Wildman–Crippen LogP) is 4.33. The summed E-state index contributed by atoms with van der Waals surface area (Å²) in [6, 6.07) is 15.2. The molecule has 4 rings (SSSR count). The van der Waals surface area contributed by atoms with Gasteiger partial charge in [-0.15, -0.1) is 0 Å². The van der Waals surface area contributed by atoms with Gasteiger partial charge in [-0.25, -0.2) is 0 Å². The number of carbonyl (C=O) groups excluding carboxylic acids is 2. The second kappa shape index (κ2) is 8.07. The van der Waals surface area contributed by atoms with E-state index >= 15 is 0 Å². The Morgan fingerprint density at radius 3 is 2.45 bits per heavy atom. The number of hydrogen-bond donors (Lipinski definition) is 1. The molecule has 1 unspecified atom stereocenters. The fourth-order valence-corrected chi connectivity index (χ4v) is 3.83. The molecule has 1 aliphatic heterocycles. The molecule has 2 heterocycles. The molecule has 31 heavy (non-hydrogen) atoms. The maximum atomic E-state index is 13.2. The lowest BCUT2D eigenvalue weighted by Gasteiger charge is -2.25. The van der Waals surface area contributed by atoms with E-state index in [1.165, 1.54) is 4.90 Å². The third-order valence-corrected chi connectivity index (χ3v) is 5.44. The number of aliphatic hydroxyl groups is 1. The summed E-state index contributed by atoms with van der Waals surface area (Å²) in [5.41, 5.74) is 3.48. The van der Waals surface area contributed by atoms with Crippen LogP contribution in [0.2, 0.25) is 0 Å². The van der Waals surface area contributed by atoms with Crippen molar-refractivity contribution in [1.29, 1.82) is 0 Å². The van der Waals surface area contributed by atoms with E-state index in [1.54, 1.807) is 55.9 Å². The molecule has 1 saturated heterocycles. The molecule has 6 nitrogen and oxygen atoms in total. The van der Waals surface area contributed by atoms with Crippen molar-refractivity contribution in [1.82, 2.24) is 4.98 Å².